The van der Waals surface area contributed by atoms with Crippen LogP contribution in [-0.2, 0) is 4.79 Å². The summed E-state index contributed by atoms with van der Waals surface area (Å²) in [5.41, 5.74) is 0.385. The maximum atomic E-state index is 12.9. The molecule has 1 aliphatic rings. The number of likely N-dealkylation sites (N-methyl/N-ethyl adjacent to an activating group) is 1. The number of benzene rings is 2. The molecule has 1 aliphatic heterocycles. The lowest BCUT2D eigenvalue weighted by Gasteiger charge is -2.26. The van der Waals surface area contributed by atoms with Crippen LogP contribution in [0.25, 0.3) is 0 Å². The fraction of sp³-hybridized carbons (Fsp3) is 0.263. The molecule has 10 heteroatoms. The number of amides is 1. The average molecular weight is 404 g/mol. The van der Waals surface area contributed by atoms with E-state index in [4.69, 9.17) is 0 Å². The molecule has 0 aromatic heterocycles. The molecule has 1 saturated heterocycles. The number of aliphatic imine (C=N–C) groups is 1. The molecule has 29 heavy (non-hydrogen) atoms. The normalized spacial score (nSPS) is 20.0. The van der Waals surface area contributed by atoms with Gasteiger partial charge in [-0.3, -0.25) is 19.9 Å². The van der Waals surface area contributed by atoms with Gasteiger partial charge in [0, 0.05) is 19.3 Å². The van der Waals surface area contributed by atoms with Gasteiger partial charge in [0.2, 0.25) is 5.75 Å². The lowest BCUT2D eigenvalue weighted by molar-refractivity contribution is -0.386. The van der Waals surface area contributed by atoms with E-state index >= 15 is 0 Å². The van der Waals surface area contributed by atoms with Gasteiger partial charge in [-0.2, -0.15) is 8.78 Å². The van der Waals surface area contributed by atoms with Crippen molar-refractivity contribution in [3.05, 3.63) is 64.2 Å². The van der Waals surface area contributed by atoms with Gasteiger partial charge < -0.3 is 4.74 Å². The molecular weight excluding hydrogens is 386 g/mol. The van der Waals surface area contributed by atoms with Gasteiger partial charge in [-0.05, 0) is 36.8 Å². The van der Waals surface area contributed by atoms with Crippen molar-refractivity contribution in [3.63, 3.8) is 0 Å². The van der Waals surface area contributed by atoms with Gasteiger partial charge in [0.25, 0.3) is 5.91 Å². The highest BCUT2D eigenvalue weighted by Gasteiger charge is 2.42. The quantitative estimate of drug-likeness (QED) is 0.419. The van der Waals surface area contributed by atoms with Crippen LogP contribution < -0.4 is 9.75 Å². The molecule has 0 bridgehead atoms. The molecule has 0 radical (unpaired) electrons. The Hall–Kier alpha value is -3.40. The van der Waals surface area contributed by atoms with Crippen LogP contribution >= 0.6 is 0 Å². The van der Waals surface area contributed by atoms with E-state index < -0.39 is 29.0 Å². The first-order valence-electron chi connectivity index (χ1n) is 8.67. The fourth-order valence-corrected chi connectivity index (χ4v) is 3.06. The summed E-state index contributed by atoms with van der Waals surface area (Å²) in [7, 11) is 1.77. The Kier molecular flexibility index (Phi) is 5.83. The number of para-hydroxylation sites is 1. The van der Waals surface area contributed by atoms with E-state index in [-0.39, 0.29) is 11.9 Å². The summed E-state index contributed by atoms with van der Waals surface area (Å²) in [5.74, 6) is -0.781. The maximum absolute atomic E-state index is 12.9. The summed E-state index contributed by atoms with van der Waals surface area (Å²) in [6.45, 7) is -1.34. The summed E-state index contributed by atoms with van der Waals surface area (Å²) >= 11 is 0. The van der Waals surface area contributed by atoms with E-state index in [2.05, 4.69) is 9.73 Å². The second-order valence-electron chi connectivity index (χ2n) is 6.39. The van der Waals surface area contributed by atoms with Gasteiger partial charge in [-0.1, -0.05) is 18.2 Å². The minimum Gasteiger partial charge on any atom is -0.427 e. The van der Waals surface area contributed by atoms with Gasteiger partial charge in [0.15, 0.2) is 0 Å². The van der Waals surface area contributed by atoms with Crippen molar-refractivity contribution in [1.82, 2.24) is 5.01 Å². The lowest BCUT2D eigenvalue weighted by Crippen LogP contribution is -2.38. The fourth-order valence-electron chi connectivity index (χ4n) is 3.06. The van der Waals surface area contributed by atoms with Gasteiger partial charge in [-0.25, -0.2) is 10.0 Å². The Morgan fingerprint density at radius 2 is 1.93 bits per heavy atom. The van der Waals surface area contributed by atoms with Crippen LogP contribution in [-0.4, -0.2) is 47.8 Å². The summed E-state index contributed by atoms with van der Waals surface area (Å²) in [6.07, 6.45) is 1.32. The lowest BCUT2D eigenvalue weighted by atomic mass is 10.1. The van der Waals surface area contributed by atoms with Gasteiger partial charge in [0.05, 0.1) is 16.7 Å². The molecule has 2 aromatic rings. The van der Waals surface area contributed by atoms with Crippen LogP contribution in [0.5, 0.6) is 5.75 Å². The summed E-state index contributed by atoms with van der Waals surface area (Å²) in [5, 5.41) is 14.4. The first-order chi connectivity index (χ1) is 13.8. The largest absolute Gasteiger partial charge is 0.427 e. The van der Waals surface area contributed by atoms with E-state index in [1.165, 1.54) is 17.3 Å². The minimum atomic E-state index is -3.18. The Morgan fingerprint density at radius 1 is 1.24 bits per heavy atom. The molecular formula is C19H18F2N4O4. The number of hydrazine groups is 1. The Balaban J connectivity index is 1.85. The molecule has 1 amide bonds. The van der Waals surface area contributed by atoms with Crippen molar-refractivity contribution < 1.29 is 23.2 Å². The van der Waals surface area contributed by atoms with Crippen molar-refractivity contribution in [1.29, 1.82) is 0 Å². The molecule has 0 spiro atoms. The monoisotopic (exact) mass is 404 g/mol. The van der Waals surface area contributed by atoms with Crippen LogP contribution in [0, 0.1) is 10.1 Å². The molecule has 152 valence electrons. The van der Waals surface area contributed by atoms with Crippen LogP contribution in [0.2, 0.25) is 0 Å². The number of nitrogens with zero attached hydrogens (tertiary/aromatic N) is 4. The van der Waals surface area contributed by atoms with Crippen LogP contribution in [0.4, 0.5) is 20.2 Å². The summed E-state index contributed by atoms with van der Waals surface area (Å²) < 4.78 is 29.0. The van der Waals surface area contributed by atoms with Gasteiger partial charge in [-0.15, -0.1) is 0 Å². The number of ether oxygens (including phenoxy) is 1. The number of nitro groups is 1. The third kappa shape index (κ3) is 4.21. The third-order valence-electron chi connectivity index (χ3n) is 4.60. The van der Waals surface area contributed by atoms with Crippen LogP contribution in [0.15, 0.2) is 53.5 Å². The minimum absolute atomic E-state index is 0.241. The molecule has 0 aliphatic carbocycles. The molecule has 1 fully saturated rings. The van der Waals surface area contributed by atoms with Crippen molar-refractivity contribution in [2.24, 2.45) is 4.99 Å². The van der Waals surface area contributed by atoms with Gasteiger partial charge >= 0.3 is 12.3 Å². The topological polar surface area (TPSA) is 88.3 Å². The number of alkyl halides is 2. The number of hydrogen-bond donors (Lipinski definition) is 0. The molecule has 0 N–H and O–H groups in total. The zero-order valence-electron chi connectivity index (χ0n) is 15.6. The molecule has 0 unspecified atom stereocenters. The molecule has 1 heterocycles. The van der Waals surface area contributed by atoms with E-state index in [0.29, 0.717) is 11.3 Å². The molecule has 2 atom stereocenters. The van der Waals surface area contributed by atoms with Crippen molar-refractivity contribution in [3.8, 4) is 5.75 Å². The third-order valence-corrected chi connectivity index (χ3v) is 4.60. The first-order valence-corrected chi connectivity index (χ1v) is 8.67. The Bertz CT molecular complexity index is 939. The highest BCUT2D eigenvalue weighted by Crippen LogP contribution is 2.30. The zero-order chi connectivity index (χ0) is 21.1. The smallest absolute Gasteiger partial charge is 0.387 e. The SMILES string of the molecule is C[C@H]1[C@@H](N=Cc2ccc(OC(F)F)c([N+](=O)[O-])c2)C(=O)N(c2ccccc2)N1C. The highest BCUT2D eigenvalue weighted by atomic mass is 19.3. The molecule has 8 nitrogen and oxygen atoms in total. The Morgan fingerprint density at radius 3 is 2.55 bits per heavy atom. The number of carbonyl (C=O) groups excluding carboxylic acids is 1. The first kappa shape index (κ1) is 20.3. The van der Waals surface area contributed by atoms with Crippen LogP contribution in [0.1, 0.15) is 12.5 Å². The number of hydrogen-bond acceptors (Lipinski definition) is 6. The number of nitro benzene ring substituents is 1. The van der Waals surface area contributed by atoms with Crippen molar-refractivity contribution >= 4 is 23.5 Å². The second-order valence-corrected chi connectivity index (χ2v) is 6.39. The standard InChI is InChI=1S/C19H18F2N4O4/c1-12-17(18(26)24(23(12)2)14-6-4-3-5-7-14)22-11-13-8-9-16(29-19(20)21)15(10-13)25(27)28/h3-12,17,19H,1-2H3/t12-,17+/m0/s1. The number of carbonyl (C=O) groups is 1. The zero-order valence-corrected chi connectivity index (χ0v) is 15.6. The molecule has 3 rings (SSSR count). The maximum Gasteiger partial charge on any atom is 0.387 e. The van der Waals surface area contributed by atoms with Crippen molar-refractivity contribution in [2.75, 3.05) is 12.1 Å². The number of rotatable bonds is 6. The predicted octanol–water partition coefficient (Wildman–Crippen LogP) is 3.27. The van der Waals surface area contributed by atoms with E-state index in [1.807, 2.05) is 25.1 Å². The highest BCUT2D eigenvalue weighted by molar-refractivity contribution is 6.00. The number of halogens is 2. The van der Waals surface area contributed by atoms with Crippen LogP contribution in [0.3, 0.4) is 0 Å². The Labute approximate surface area is 165 Å². The van der Waals surface area contributed by atoms with E-state index in [9.17, 15) is 23.7 Å². The van der Waals surface area contributed by atoms with E-state index in [1.54, 1.807) is 24.2 Å². The summed E-state index contributed by atoms with van der Waals surface area (Å²) in [6, 6.07) is 11.6. The molecule has 2 aromatic carbocycles. The predicted molar refractivity (Wildman–Crippen MR) is 102 cm³/mol. The summed E-state index contributed by atoms with van der Waals surface area (Å²) in [4.78, 5) is 27.5. The second kappa shape index (κ2) is 8.31. The van der Waals surface area contributed by atoms with Gasteiger partial charge in [0.1, 0.15) is 6.04 Å². The van der Waals surface area contributed by atoms with E-state index in [0.717, 1.165) is 12.1 Å². The van der Waals surface area contributed by atoms with Crippen molar-refractivity contribution in [2.45, 2.75) is 25.6 Å². The number of anilines is 1. The molecule has 0 saturated carbocycles. The average Bonchev–Trinajstić information content (AvgIpc) is 2.89.